The van der Waals surface area contributed by atoms with Gasteiger partial charge in [-0.05, 0) is 42.5 Å². The Bertz CT molecular complexity index is 711. The molecule has 1 unspecified atom stereocenters. The smallest absolute Gasteiger partial charge is 0.177 e. The Labute approximate surface area is 139 Å². The molecule has 22 heavy (non-hydrogen) atoms. The van der Waals surface area contributed by atoms with E-state index in [1.54, 1.807) is 7.11 Å². The quantitative estimate of drug-likeness (QED) is 0.649. The average molecular weight is 337 g/mol. The van der Waals surface area contributed by atoms with Gasteiger partial charge in [-0.15, -0.1) is 0 Å². The van der Waals surface area contributed by atoms with Crippen molar-refractivity contribution in [2.45, 2.75) is 23.8 Å². The SMILES string of the molecule is COSc1ccc2c(c1)CC(n1c(CCN)c[nH]c1=S)CO2. The fourth-order valence-corrected chi connectivity index (χ4v) is 3.66. The van der Waals surface area contributed by atoms with Crippen molar-refractivity contribution in [1.29, 1.82) is 0 Å². The molecule has 1 aromatic carbocycles. The van der Waals surface area contributed by atoms with Gasteiger partial charge in [0.1, 0.15) is 12.4 Å². The summed E-state index contributed by atoms with van der Waals surface area (Å²) in [7, 11) is 1.67. The number of aromatic nitrogens is 2. The van der Waals surface area contributed by atoms with Gasteiger partial charge in [0.05, 0.1) is 13.2 Å². The molecule has 5 nitrogen and oxygen atoms in total. The molecule has 3 rings (SSSR count). The minimum Gasteiger partial charge on any atom is -0.491 e. The zero-order valence-electron chi connectivity index (χ0n) is 12.4. The first kappa shape index (κ1) is 15.6. The number of aromatic amines is 1. The van der Waals surface area contributed by atoms with Crippen LogP contribution in [0, 0.1) is 4.77 Å². The molecule has 0 spiro atoms. The van der Waals surface area contributed by atoms with Crippen molar-refractivity contribution in [3.05, 3.63) is 40.4 Å². The molecule has 0 radical (unpaired) electrons. The van der Waals surface area contributed by atoms with Gasteiger partial charge in [-0.25, -0.2) is 0 Å². The summed E-state index contributed by atoms with van der Waals surface area (Å²) < 4.78 is 13.9. The summed E-state index contributed by atoms with van der Waals surface area (Å²) >= 11 is 6.78. The topological polar surface area (TPSA) is 65.2 Å². The third-order valence-corrected chi connectivity index (χ3v) is 4.68. The summed E-state index contributed by atoms with van der Waals surface area (Å²) in [6.45, 7) is 1.22. The highest BCUT2D eigenvalue weighted by Crippen LogP contribution is 2.33. The summed E-state index contributed by atoms with van der Waals surface area (Å²) in [6, 6.07) is 6.32. The van der Waals surface area contributed by atoms with Gasteiger partial charge in [-0.3, -0.25) is 0 Å². The highest BCUT2D eigenvalue weighted by Gasteiger charge is 2.24. The molecule has 0 saturated carbocycles. The van der Waals surface area contributed by atoms with Gasteiger partial charge in [0.2, 0.25) is 0 Å². The predicted molar refractivity (Wildman–Crippen MR) is 89.9 cm³/mol. The Morgan fingerprint density at radius 1 is 1.55 bits per heavy atom. The maximum Gasteiger partial charge on any atom is 0.177 e. The van der Waals surface area contributed by atoms with Gasteiger partial charge >= 0.3 is 0 Å². The fraction of sp³-hybridized carbons (Fsp3) is 0.400. The number of ether oxygens (including phenoxy) is 1. The Morgan fingerprint density at radius 3 is 3.18 bits per heavy atom. The van der Waals surface area contributed by atoms with Gasteiger partial charge in [0.25, 0.3) is 0 Å². The van der Waals surface area contributed by atoms with Crippen molar-refractivity contribution in [3.8, 4) is 5.75 Å². The Hall–Kier alpha value is -1.28. The lowest BCUT2D eigenvalue weighted by molar-refractivity contribution is 0.220. The van der Waals surface area contributed by atoms with E-state index in [9.17, 15) is 0 Å². The maximum absolute atomic E-state index is 5.92. The van der Waals surface area contributed by atoms with E-state index in [-0.39, 0.29) is 6.04 Å². The predicted octanol–water partition coefficient (Wildman–Crippen LogP) is 2.88. The van der Waals surface area contributed by atoms with Crippen LogP contribution in [-0.4, -0.2) is 29.8 Å². The van der Waals surface area contributed by atoms with Crippen LogP contribution in [0.1, 0.15) is 17.3 Å². The molecule has 1 aromatic heterocycles. The van der Waals surface area contributed by atoms with Gasteiger partial charge in [-0.2, -0.15) is 0 Å². The van der Waals surface area contributed by atoms with Gasteiger partial charge in [0.15, 0.2) is 4.77 Å². The van der Waals surface area contributed by atoms with Crippen molar-refractivity contribution in [2.24, 2.45) is 5.73 Å². The highest BCUT2D eigenvalue weighted by atomic mass is 32.2. The molecule has 0 aliphatic carbocycles. The van der Waals surface area contributed by atoms with Crippen molar-refractivity contribution < 1.29 is 8.92 Å². The first-order chi connectivity index (χ1) is 10.7. The molecule has 0 bridgehead atoms. The number of nitrogens with two attached hydrogens (primary N) is 1. The second-order valence-electron chi connectivity index (χ2n) is 5.18. The monoisotopic (exact) mass is 337 g/mol. The number of nitrogens with one attached hydrogen (secondary N) is 1. The Morgan fingerprint density at radius 2 is 2.41 bits per heavy atom. The molecular formula is C15H19N3O2S2. The number of nitrogens with zero attached hydrogens (tertiary/aromatic N) is 1. The summed E-state index contributed by atoms with van der Waals surface area (Å²) in [4.78, 5) is 4.19. The number of benzene rings is 1. The minimum absolute atomic E-state index is 0.190. The first-order valence-electron chi connectivity index (χ1n) is 7.18. The molecule has 3 N–H and O–H groups in total. The van der Waals surface area contributed by atoms with E-state index >= 15 is 0 Å². The average Bonchev–Trinajstić information content (AvgIpc) is 2.88. The number of hydrogen-bond acceptors (Lipinski definition) is 5. The van der Waals surface area contributed by atoms with E-state index in [1.807, 2.05) is 18.3 Å². The lowest BCUT2D eigenvalue weighted by Gasteiger charge is -2.28. The Balaban J connectivity index is 1.89. The third kappa shape index (κ3) is 3.08. The lowest BCUT2D eigenvalue weighted by atomic mass is 10.0. The summed E-state index contributed by atoms with van der Waals surface area (Å²) in [5.74, 6) is 0.944. The molecule has 2 aromatic rings. The number of hydrogen-bond donors (Lipinski definition) is 2. The molecule has 1 aliphatic rings. The zero-order chi connectivity index (χ0) is 15.5. The van der Waals surface area contributed by atoms with E-state index in [0.29, 0.717) is 13.2 Å². The maximum atomic E-state index is 5.92. The van der Waals surface area contributed by atoms with E-state index < -0.39 is 0 Å². The lowest BCUT2D eigenvalue weighted by Crippen LogP contribution is -2.26. The highest BCUT2D eigenvalue weighted by molar-refractivity contribution is 7.94. The van der Waals surface area contributed by atoms with Crippen LogP contribution in [0.25, 0.3) is 0 Å². The number of imidazole rings is 1. The van der Waals surface area contributed by atoms with Crippen LogP contribution in [0.4, 0.5) is 0 Å². The van der Waals surface area contributed by atoms with Crippen LogP contribution >= 0.6 is 24.3 Å². The molecule has 2 heterocycles. The summed E-state index contributed by atoms with van der Waals surface area (Å²) in [5, 5.41) is 0. The van der Waals surface area contributed by atoms with Crippen molar-refractivity contribution in [3.63, 3.8) is 0 Å². The molecular weight excluding hydrogens is 318 g/mol. The van der Waals surface area contributed by atoms with Crippen molar-refractivity contribution in [1.82, 2.24) is 9.55 Å². The van der Waals surface area contributed by atoms with Crippen molar-refractivity contribution >= 4 is 24.3 Å². The largest absolute Gasteiger partial charge is 0.491 e. The number of rotatable bonds is 5. The van der Waals surface area contributed by atoms with Crippen LogP contribution < -0.4 is 10.5 Å². The van der Waals surface area contributed by atoms with Crippen LogP contribution in [-0.2, 0) is 17.0 Å². The van der Waals surface area contributed by atoms with E-state index in [4.69, 9.17) is 26.9 Å². The Kier molecular flexibility index (Phi) is 4.87. The van der Waals surface area contributed by atoms with E-state index in [0.717, 1.165) is 34.0 Å². The van der Waals surface area contributed by atoms with Gasteiger partial charge < -0.3 is 24.2 Å². The van der Waals surface area contributed by atoms with Crippen LogP contribution in [0.2, 0.25) is 0 Å². The fourth-order valence-electron chi connectivity index (χ4n) is 2.82. The standard InChI is InChI=1S/C15H19N3O2S2/c1-19-22-13-2-3-14-10(7-13)6-12(9-20-14)18-11(4-5-16)8-17-15(18)21/h2-3,7-8,12H,4-6,9,16H2,1H3,(H,17,21). The first-order valence-corrected chi connectivity index (χ1v) is 8.33. The number of H-pyrrole nitrogens is 1. The molecule has 0 amide bonds. The molecule has 118 valence electrons. The van der Waals surface area contributed by atoms with Crippen LogP contribution in [0.15, 0.2) is 29.3 Å². The second kappa shape index (κ2) is 6.87. The third-order valence-electron chi connectivity index (χ3n) is 3.75. The van der Waals surface area contributed by atoms with E-state index in [2.05, 4.69) is 15.6 Å². The van der Waals surface area contributed by atoms with Crippen LogP contribution in [0.3, 0.4) is 0 Å². The number of fused-ring (bicyclic) bond motifs is 1. The van der Waals surface area contributed by atoms with Gasteiger partial charge in [-0.1, -0.05) is 0 Å². The van der Waals surface area contributed by atoms with Crippen LogP contribution in [0.5, 0.6) is 5.75 Å². The molecule has 1 atom stereocenters. The normalized spacial score (nSPS) is 17.1. The molecule has 0 fully saturated rings. The van der Waals surface area contributed by atoms with Gasteiger partial charge in [0, 0.05) is 41.7 Å². The van der Waals surface area contributed by atoms with E-state index in [1.165, 1.54) is 17.6 Å². The summed E-state index contributed by atoms with van der Waals surface area (Å²) in [6.07, 6.45) is 3.63. The zero-order valence-corrected chi connectivity index (χ0v) is 14.0. The minimum atomic E-state index is 0.190. The second-order valence-corrected chi connectivity index (χ2v) is 6.54. The molecule has 0 saturated heterocycles. The summed E-state index contributed by atoms with van der Waals surface area (Å²) in [5.41, 5.74) is 8.00. The van der Waals surface area contributed by atoms with Crippen molar-refractivity contribution in [2.75, 3.05) is 20.3 Å². The molecule has 1 aliphatic heterocycles. The molecule has 7 heteroatoms.